The number of carbonyl (C=O) groups excluding carboxylic acids is 1. The van der Waals surface area contributed by atoms with E-state index in [1.807, 2.05) is 18.4 Å². The van der Waals surface area contributed by atoms with Gasteiger partial charge in [0.2, 0.25) is 0 Å². The third kappa shape index (κ3) is 2.80. The van der Waals surface area contributed by atoms with Gasteiger partial charge in [-0.2, -0.15) is 0 Å². The Morgan fingerprint density at radius 2 is 2.10 bits per heavy atom. The van der Waals surface area contributed by atoms with E-state index in [0.29, 0.717) is 29.5 Å². The van der Waals surface area contributed by atoms with Crippen LogP contribution in [0, 0.1) is 0 Å². The predicted octanol–water partition coefficient (Wildman–Crippen LogP) is 3.53. The van der Waals surface area contributed by atoms with Gasteiger partial charge in [-0.15, -0.1) is 0 Å². The Morgan fingerprint density at radius 3 is 2.70 bits per heavy atom. The number of aromatic nitrogens is 1. The summed E-state index contributed by atoms with van der Waals surface area (Å²) in [4.78, 5) is 14.3. The molecule has 0 atom stereocenters. The van der Waals surface area contributed by atoms with Crippen molar-refractivity contribution in [3.63, 3.8) is 0 Å². The average Bonchev–Trinajstić information content (AvgIpc) is 2.81. The monoisotopic (exact) mass is 292 g/mol. The highest BCUT2D eigenvalue weighted by molar-refractivity contribution is 6.31. The van der Waals surface area contributed by atoms with Crippen LogP contribution >= 0.6 is 11.6 Å². The fourth-order valence-electron chi connectivity index (χ4n) is 2.16. The van der Waals surface area contributed by atoms with Crippen molar-refractivity contribution in [1.29, 1.82) is 0 Å². The highest BCUT2D eigenvalue weighted by atomic mass is 35.5. The van der Waals surface area contributed by atoms with Crippen molar-refractivity contribution >= 4 is 23.2 Å². The summed E-state index contributed by atoms with van der Waals surface area (Å²) >= 11 is 5.98. The Labute approximate surface area is 123 Å². The molecule has 0 aliphatic heterocycles. The highest BCUT2D eigenvalue weighted by Gasteiger charge is 2.20. The van der Waals surface area contributed by atoms with E-state index in [4.69, 9.17) is 11.6 Å². The second kappa shape index (κ2) is 6.01. The minimum Gasteiger partial charge on any atom is -0.508 e. The zero-order valence-electron chi connectivity index (χ0n) is 11.5. The van der Waals surface area contributed by atoms with E-state index < -0.39 is 0 Å². The fourth-order valence-corrected chi connectivity index (χ4v) is 2.38. The Hall–Kier alpha value is -1.94. The number of phenolic OH excluding ortho intramolecular Hbond substituents is 1. The molecule has 20 heavy (non-hydrogen) atoms. The van der Waals surface area contributed by atoms with Gasteiger partial charge in [0, 0.05) is 31.0 Å². The van der Waals surface area contributed by atoms with Crippen LogP contribution in [-0.2, 0) is 6.54 Å². The van der Waals surface area contributed by atoms with Crippen molar-refractivity contribution < 1.29 is 9.90 Å². The maximum Gasteiger partial charge on any atom is 0.274 e. The molecule has 0 aliphatic rings. The molecular formula is C15H17ClN2O2. The van der Waals surface area contributed by atoms with Crippen molar-refractivity contribution in [2.24, 2.45) is 0 Å². The first-order valence-corrected chi connectivity index (χ1v) is 6.91. The summed E-state index contributed by atoms with van der Waals surface area (Å²) in [5.41, 5.74) is 1.21. The summed E-state index contributed by atoms with van der Waals surface area (Å²) in [7, 11) is 0. The molecular weight excluding hydrogens is 276 g/mol. The van der Waals surface area contributed by atoms with Gasteiger partial charge in [-0.25, -0.2) is 0 Å². The van der Waals surface area contributed by atoms with E-state index in [-0.39, 0.29) is 11.7 Å². The lowest BCUT2D eigenvalue weighted by Crippen LogP contribution is -2.32. The normalized spacial score (nSPS) is 10.6. The van der Waals surface area contributed by atoms with Gasteiger partial charge in [-0.1, -0.05) is 17.7 Å². The first kappa shape index (κ1) is 14.5. The maximum atomic E-state index is 12.6. The standard InChI is InChI=1S/C15H17ClN2O2/c1-3-17-10-11(16)8-14(17)15(20)18(4-2)12-6-5-7-13(19)9-12/h5-10,19H,3-4H2,1-2H3. The van der Waals surface area contributed by atoms with Crippen LogP contribution in [0.2, 0.25) is 5.02 Å². The molecule has 0 spiro atoms. The minimum absolute atomic E-state index is 0.133. The number of nitrogens with zero attached hydrogens (tertiary/aromatic N) is 2. The zero-order chi connectivity index (χ0) is 14.7. The van der Waals surface area contributed by atoms with Gasteiger partial charge in [0.15, 0.2) is 0 Å². The SMILES string of the molecule is CCN(C(=O)c1cc(Cl)cn1CC)c1cccc(O)c1. The number of carbonyl (C=O) groups is 1. The van der Waals surface area contributed by atoms with E-state index in [1.165, 1.54) is 0 Å². The summed E-state index contributed by atoms with van der Waals surface area (Å²) in [5.74, 6) is 0.00417. The second-order valence-corrected chi connectivity index (χ2v) is 4.84. The fraction of sp³-hybridized carbons (Fsp3) is 0.267. The van der Waals surface area contributed by atoms with Crippen LogP contribution in [-0.4, -0.2) is 22.1 Å². The smallest absolute Gasteiger partial charge is 0.274 e. The van der Waals surface area contributed by atoms with Gasteiger partial charge in [0.1, 0.15) is 11.4 Å². The van der Waals surface area contributed by atoms with Crippen LogP contribution in [0.25, 0.3) is 0 Å². The number of hydrogen-bond donors (Lipinski definition) is 1. The number of aromatic hydroxyl groups is 1. The summed E-state index contributed by atoms with van der Waals surface area (Å²) in [5, 5.41) is 10.1. The molecule has 5 heteroatoms. The summed E-state index contributed by atoms with van der Waals surface area (Å²) in [6.07, 6.45) is 1.74. The van der Waals surface area contributed by atoms with Crippen LogP contribution in [0.5, 0.6) is 5.75 Å². The van der Waals surface area contributed by atoms with Crippen LogP contribution < -0.4 is 4.90 Å². The van der Waals surface area contributed by atoms with E-state index >= 15 is 0 Å². The topological polar surface area (TPSA) is 45.5 Å². The van der Waals surface area contributed by atoms with Crippen molar-refractivity contribution in [3.8, 4) is 5.75 Å². The van der Waals surface area contributed by atoms with Crippen molar-refractivity contribution in [3.05, 3.63) is 47.2 Å². The quantitative estimate of drug-likeness (QED) is 0.937. The molecule has 1 heterocycles. The molecule has 0 saturated carbocycles. The summed E-state index contributed by atoms with van der Waals surface area (Å²) < 4.78 is 1.82. The van der Waals surface area contributed by atoms with E-state index in [0.717, 1.165) is 0 Å². The molecule has 2 rings (SSSR count). The third-order valence-corrected chi connectivity index (χ3v) is 3.33. The van der Waals surface area contributed by atoms with E-state index in [1.54, 1.807) is 41.4 Å². The van der Waals surface area contributed by atoms with Crippen molar-refractivity contribution in [2.45, 2.75) is 20.4 Å². The van der Waals surface area contributed by atoms with Crippen molar-refractivity contribution in [2.75, 3.05) is 11.4 Å². The average molecular weight is 293 g/mol. The molecule has 1 N–H and O–H groups in total. The van der Waals surface area contributed by atoms with Crippen LogP contribution in [0.15, 0.2) is 36.5 Å². The first-order chi connectivity index (χ1) is 9.56. The molecule has 0 saturated heterocycles. The highest BCUT2D eigenvalue weighted by Crippen LogP contribution is 2.23. The molecule has 1 aromatic heterocycles. The Bertz CT molecular complexity index is 622. The van der Waals surface area contributed by atoms with Gasteiger partial charge in [-0.05, 0) is 32.0 Å². The van der Waals surface area contributed by atoms with Crippen molar-refractivity contribution in [1.82, 2.24) is 4.57 Å². The molecule has 4 nitrogen and oxygen atoms in total. The van der Waals surface area contributed by atoms with E-state index in [2.05, 4.69) is 0 Å². The molecule has 106 valence electrons. The van der Waals surface area contributed by atoms with Crippen LogP contribution in [0.3, 0.4) is 0 Å². The van der Waals surface area contributed by atoms with Crippen LogP contribution in [0.1, 0.15) is 24.3 Å². The second-order valence-electron chi connectivity index (χ2n) is 4.40. The Kier molecular flexibility index (Phi) is 4.35. The van der Waals surface area contributed by atoms with Gasteiger partial charge in [0.05, 0.1) is 5.02 Å². The number of rotatable bonds is 4. The number of benzene rings is 1. The molecule has 0 radical (unpaired) electrons. The zero-order valence-corrected chi connectivity index (χ0v) is 12.3. The number of phenols is 1. The molecule has 1 amide bonds. The minimum atomic E-state index is -0.133. The van der Waals surface area contributed by atoms with Gasteiger partial charge >= 0.3 is 0 Å². The van der Waals surface area contributed by atoms with Gasteiger partial charge < -0.3 is 14.6 Å². The van der Waals surface area contributed by atoms with Gasteiger partial charge in [-0.3, -0.25) is 4.79 Å². The summed E-state index contributed by atoms with van der Waals surface area (Å²) in [6.45, 7) is 5.03. The number of amides is 1. The largest absolute Gasteiger partial charge is 0.508 e. The number of halogens is 1. The number of aryl methyl sites for hydroxylation is 1. The molecule has 1 aromatic carbocycles. The third-order valence-electron chi connectivity index (χ3n) is 3.13. The lowest BCUT2D eigenvalue weighted by atomic mass is 10.2. The molecule has 0 bridgehead atoms. The Balaban J connectivity index is 2.38. The van der Waals surface area contributed by atoms with E-state index in [9.17, 15) is 9.90 Å². The summed E-state index contributed by atoms with van der Waals surface area (Å²) in [6, 6.07) is 8.32. The molecule has 0 unspecified atom stereocenters. The Morgan fingerprint density at radius 1 is 1.35 bits per heavy atom. The molecule has 0 fully saturated rings. The lowest BCUT2D eigenvalue weighted by molar-refractivity contribution is 0.0979. The predicted molar refractivity (Wildman–Crippen MR) is 80.6 cm³/mol. The number of hydrogen-bond acceptors (Lipinski definition) is 2. The maximum absolute atomic E-state index is 12.6. The number of anilines is 1. The molecule has 0 aliphatic carbocycles. The van der Waals surface area contributed by atoms with Gasteiger partial charge in [0.25, 0.3) is 5.91 Å². The first-order valence-electron chi connectivity index (χ1n) is 6.53. The molecule has 2 aromatic rings. The lowest BCUT2D eigenvalue weighted by Gasteiger charge is -2.21. The van der Waals surface area contributed by atoms with Crippen LogP contribution in [0.4, 0.5) is 5.69 Å².